The van der Waals surface area contributed by atoms with Crippen molar-refractivity contribution in [3.05, 3.63) is 65.2 Å². The van der Waals surface area contributed by atoms with Crippen LogP contribution in [0.2, 0.25) is 0 Å². The number of rotatable bonds is 8. The summed E-state index contributed by atoms with van der Waals surface area (Å²) in [7, 11) is 4.45. The molecule has 0 saturated heterocycles. The second-order valence-electron chi connectivity index (χ2n) is 6.41. The van der Waals surface area contributed by atoms with Crippen LogP contribution in [-0.2, 0) is 16.1 Å². The first-order valence-electron chi connectivity index (χ1n) is 9.11. The third-order valence-electron chi connectivity index (χ3n) is 4.53. The molecule has 0 atom stereocenters. The summed E-state index contributed by atoms with van der Waals surface area (Å²) in [6.45, 7) is 2.24. The van der Waals surface area contributed by atoms with Crippen molar-refractivity contribution in [1.82, 2.24) is 0 Å². The first kappa shape index (κ1) is 20.5. The van der Waals surface area contributed by atoms with Gasteiger partial charge in [-0.05, 0) is 36.2 Å². The molecule has 3 aromatic carbocycles. The number of benzene rings is 3. The van der Waals surface area contributed by atoms with E-state index in [1.54, 1.807) is 19.2 Å². The molecule has 0 radical (unpaired) electrons. The Morgan fingerprint density at radius 2 is 1.66 bits per heavy atom. The molecule has 6 nitrogen and oxygen atoms in total. The topological polar surface area (TPSA) is 63.2 Å². The van der Waals surface area contributed by atoms with Crippen molar-refractivity contribution >= 4 is 16.7 Å². The highest BCUT2D eigenvalue weighted by molar-refractivity contribution is 6.09. The first-order valence-corrected chi connectivity index (χ1v) is 9.11. The van der Waals surface area contributed by atoms with Gasteiger partial charge in [-0.1, -0.05) is 30.3 Å². The third-order valence-corrected chi connectivity index (χ3v) is 4.53. The summed E-state index contributed by atoms with van der Waals surface area (Å²) in [6, 6.07) is 15.3. The summed E-state index contributed by atoms with van der Waals surface area (Å²) in [5.41, 5.74) is 2.11. The van der Waals surface area contributed by atoms with E-state index in [1.165, 1.54) is 14.2 Å². The fraction of sp³-hybridized carbons (Fsp3) is 0.261. The molecular formula is C23H24O6. The quantitative estimate of drug-likeness (QED) is 0.413. The Hall–Kier alpha value is -3.25. The minimum atomic E-state index is -0.496. The lowest BCUT2D eigenvalue weighted by molar-refractivity contribution is 0.0463. The standard InChI is InChI=1S/C23H24O6/c1-15-12-18-17(20(23(24)27-4)21(15)29-14-25-2)10-11-19(26-3)22(18)28-13-16-8-6-5-7-9-16/h5-12H,13-14H2,1-4H3. The molecule has 3 rings (SSSR count). The van der Waals surface area contributed by atoms with E-state index in [0.717, 1.165) is 16.5 Å². The number of carbonyl (C=O) groups excluding carboxylic acids is 1. The third kappa shape index (κ3) is 4.27. The molecule has 6 heteroatoms. The van der Waals surface area contributed by atoms with Gasteiger partial charge < -0.3 is 23.7 Å². The average Bonchev–Trinajstić information content (AvgIpc) is 2.75. The lowest BCUT2D eigenvalue weighted by Gasteiger charge is -2.19. The highest BCUT2D eigenvalue weighted by Gasteiger charge is 2.23. The molecule has 0 N–H and O–H groups in total. The normalized spacial score (nSPS) is 10.6. The zero-order valence-corrected chi connectivity index (χ0v) is 17.0. The van der Waals surface area contributed by atoms with Crippen molar-refractivity contribution in [1.29, 1.82) is 0 Å². The Labute approximate surface area is 169 Å². The van der Waals surface area contributed by atoms with Gasteiger partial charge in [0.1, 0.15) is 17.9 Å². The van der Waals surface area contributed by atoms with Crippen LogP contribution in [0.4, 0.5) is 0 Å². The smallest absolute Gasteiger partial charge is 0.342 e. The van der Waals surface area contributed by atoms with Gasteiger partial charge in [0.05, 0.1) is 14.2 Å². The molecule has 3 aromatic rings. The second-order valence-corrected chi connectivity index (χ2v) is 6.41. The van der Waals surface area contributed by atoms with E-state index in [2.05, 4.69) is 0 Å². The van der Waals surface area contributed by atoms with E-state index < -0.39 is 5.97 Å². The SMILES string of the molecule is COCOc1c(C)cc2c(OCc3ccccc3)c(OC)ccc2c1C(=O)OC. The van der Waals surface area contributed by atoms with Crippen LogP contribution in [0.3, 0.4) is 0 Å². The Balaban J connectivity index is 2.17. The molecule has 0 saturated carbocycles. The molecule has 0 unspecified atom stereocenters. The zero-order valence-electron chi connectivity index (χ0n) is 17.0. The monoisotopic (exact) mass is 396 g/mol. The summed E-state index contributed by atoms with van der Waals surface area (Å²) in [4.78, 5) is 12.6. The lowest BCUT2D eigenvalue weighted by Crippen LogP contribution is -2.10. The van der Waals surface area contributed by atoms with Gasteiger partial charge in [-0.2, -0.15) is 0 Å². The van der Waals surface area contributed by atoms with Crippen molar-refractivity contribution in [3.8, 4) is 17.2 Å². The maximum absolute atomic E-state index is 12.6. The molecule has 0 amide bonds. The second kappa shape index (κ2) is 9.30. The highest BCUT2D eigenvalue weighted by atomic mass is 16.7. The molecule has 0 heterocycles. The fourth-order valence-electron chi connectivity index (χ4n) is 3.19. The van der Waals surface area contributed by atoms with Crippen LogP contribution in [0.15, 0.2) is 48.5 Å². The molecule has 29 heavy (non-hydrogen) atoms. The van der Waals surface area contributed by atoms with E-state index in [9.17, 15) is 4.79 Å². The summed E-state index contributed by atoms with van der Waals surface area (Å²) in [5, 5.41) is 1.39. The number of carbonyl (C=O) groups is 1. The first-order chi connectivity index (χ1) is 14.1. The molecule has 0 aliphatic rings. The van der Waals surface area contributed by atoms with Crippen molar-refractivity contribution < 1.29 is 28.5 Å². The van der Waals surface area contributed by atoms with E-state index in [-0.39, 0.29) is 6.79 Å². The minimum absolute atomic E-state index is 0.0177. The van der Waals surface area contributed by atoms with Gasteiger partial charge in [0.15, 0.2) is 18.3 Å². The van der Waals surface area contributed by atoms with E-state index in [0.29, 0.717) is 34.8 Å². The van der Waals surface area contributed by atoms with Crippen LogP contribution >= 0.6 is 0 Å². The van der Waals surface area contributed by atoms with Crippen LogP contribution in [0.1, 0.15) is 21.5 Å². The van der Waals surface area contributed by atoms with Gasteiger partial charge in [0.25, 0.3) is 0 Å². The van der Waals surface area contributed by atoms with Crippen molar-refractivity contribution in [2.75, 3.05) is 28.1 Å². The maximum atomic E-state index is 12.6. The van der Waals surface area contributed by atoms with Crippen molar-refractivity contribution in [2.24, 2.45) is 0 Å². The Morgan fingerprint density at radius 3 is 2.31 bits per heavy atom. The summed E-state index contributed by atoms with van der Waals surface area (Å²) in [5.74, 6) is 1.06. The van der Waals surface area contributed by atoms with Crippen LogP contribution < -0.4 is 14.2 Å². The van der Waals surface area contributed by atoms with Crippen LogP contribution in [0, 0.1) is 6.92 Å². The van der Waals surface area contributed by atoms with Crippen LogP contribution in [0.25, 0.3) is 10.8 Å². The summed E-state index contributed by atoms with van der Waals surface area (Å²) in [6.07, 6.45) is 0. The molecule has 152 valence electrons. The summed E-state index contributed by atoms with van der Waals surface area (Å²) < 4.78 is 27.3. The number of aryl methyl sites for hydroxylation is 1. The van der Waals surface area contributed by atoms with Crippen LogP contribution in [0.5, 0.6) is 17.2 Å². The van der Waals surface area contributed by atoms with Gasteiger partial charge >= 0.3 is 5.97 Å². The predicted molar refractivity (Wildman–Crippen MR) is 110 cm³/mol. The van der Waals surface area contributed by atoms with Crippen molar-refractivity contribution in [3.63, 3.8) is 0 Å². The predicted octanol–water partition coefficient (Wildman–Crippen LogP) is 4.51. The highest BCUT2D eigenvalue weighted by Crippen LogP contribution is 2.42. The number of fused-ring (bicyclic) bond motifs is 1. The van der Waals surface area contributed by atoms with E-state index in [1.807, 2.05) is 43.3 Å². The number of hydrogen-bond acceptors (Lipinski definition) is 6. The molecular weight excluding hydrogens is 372 g/mol. The molecule has 0 aliphatic carbocycles. The van der Waals surface area contributed by atoms with Gasteiger partial charge in [-0.15, -0.1) is 0 Å². The minimum Gasteiger partial charge on any atom is -0.493 e. The van der Waals surface area contributed by atoms with Gasteiger partial charge in [-0.3, -0.25) is 0 Å². The van der Waals surface area contributed by atoms with Crippen LogP contribution in [-0.4, -0.2) is 34.1 Å². The van der Waals surface area contributed by atoms with Gasteiger partial charge in [0.2, 0.25) is 0 Å². The number of hydrogen-bond donors (Lipinski definition) is 0. The molecule has 0 bridgehead atoms. The molecule has 0 aromatic heterocycles. The number of esters is 1. The van der Waals surface area contributed by atoms with E-state index in [4.69, 9.17) is 23.7 Å². The zero-order chi connectivity index (χ0) is 20.8. The number of methoxy groups -OCH3 is 3. The van der Waals surface area contributed by atoms with E-state index >= 15 is 0 Å². The Morgan fingerprint density at radius 1 is 0.897 bits per heavy atom. The Bertz CT molecular complexity index is 997. The molecule has 0 fully saturated rings. The number of ether oxygens (including phenoxy) is 5. The maximum Gasteiger partial charge on any atom is 0.342 e. The summed E-state index contributed by atoms with van der Waals surface area (Å²) >= 11 is 0. The van der Waals surface area contributed by atoms with Crippen molar-refractivity contribution in [2.45, 2.75) is 13.5 Å². The fourth-order valence-corrected chi connectivity index (χ4v) is 3.19. The average molecular weight is 396 g/mol. The Kier molecular flexibility index (Phi) is 6.57. The molecule has 0 aliphatic heterocycles. The lowest BCUT2D eigenvalue weighted by atomic mass is 9.98. The molecule has 0 spiro atoms. The largest absolute Gasteiger partial charge is 0.493 e. The van der Waals surface area contributed by atoms with Gasteiger partial charge in [0, 0.05) is 17.9 Å². The van der Waals surface area contributed by atoms with Gasteiger partial charge in [-0.25, -0.2) is 4.79 Å².